The standard InChI is InChI=1S/C21H18N4O2S/c1-3-5-24-11-14(9-22-24)17-7-18-20(8-19(17)26-2)27-12-15-10-23-25(21(15)18)16-4-6-28-13-16/h3-4,6-11,13H,1,5,12H2,2H3/i10D. The Labute approximate surface area is 167 Å². The summed E-state index contributed by atoms with van der Waals surface area (Å²) in [5, 5.41) is 12.9. The van der Waals surface area contributed by atoms with E-state index in [1.807, 2.05) is 50.7 Å². The van der Waals surface area contributed by atoms with Crippen LogP contribution in [0.2, 0.25) is 0 Å². The molecule has 7 heteroatoms. The zero-order valence-electron chi connectivity index (χ0n) is 16.3. The Morgan fingerprint density at radius 1 is 1.39 bits per heavy atom. The lowest BCUT2D eigenvalue weighted by atomic mass is 9.98. The first-order valence-electron chi connectivity index (χ1n) is 9.29. The van der Waals surface area contributed by atoms with Gasteiger partial charge >= 0.3 is 0 Å². The largest absolute Gasteiger partial charge is 0.496 e. The van der Waals surface area contributed by atoms with Crippen molar-refractivity contribution in [3.8, 4) is 39.6 Å². The van der Waals surface area contributed by atoms with Crippen molar-refractivity contribution in [1.29, 1.82) is 0 Å². The van der Waals surface area contributed by atoms with Crippen molar-refractivity contribution in [2.24, 2.45) is 0 Å². The smallest absolute Gasteiger partial charge is 0.132 e. The van der Waals surface area contributed by atoms with Crippen molar-refractivity contribution >= 4 is 11.3 Å². The van der Waals surface area contributed by atoms with E-state index in [9.17, 15) is 0 Å². The van der Waals surface area contributed by atoms with E-state index in [0.717, 1.165) is 33.6 Å². The quantitative estimate of drug-likeness (QED) is 0.468. The summed E-state index contributed by atoms with van der Waals surface area (Å²) >= 11 is 1.60. The molecule has 4 heterocycles. The van der Waals surface area contributed by atoms with Crippen molar-refractivity contribution in [2.75, 3.05) is 7.11 Å². The highest BCUT2D eigenvalue weighted by molar-refractivity contribution is 7.08. The van der Waals surface area contributed by atoms with E-state index in [1.54, 1.807) is 24.5 Å². The molecule has 0 N–H and O–H groups in total. The number of rotatable bonds is 5. The second-order valence-corrected chi connectivity index (χ2v) is 7.19. The molecule has 5 rings (SSSR count). The zero-order valence-corrected chi connectivity index (χ0v) is 16.1. The number of hydrogen-bond donors (Lipinski definition) is 0. The van der Waals surface area contributed by atoms with Gasteiger partial charge in [0.25, 0.3) is 0 Å². The van der Waals surface area contributed by atoms with Gasteiger partial charge in [0, 0.05) is 39.9 Å². The topological polar surface area (TPSA) is 54.1 Å². The maximum atomic E-state index is 8.30. The van der Waals surface area contributed by atoms with Crippen LogP contribution < -0.4 is 9.47 Å². The van der Waals surface area contributed by atoms with Gasteiger partial charge < -0.3 is 9.47 Å². The molecule has 0 radical (unpaired) electrons. The number of thiophene rings is 1. The second kappa shape index (κ2) is 6.69. The van der Waals surface area contributed by atoms with Crippen LogP contribution in [-0.2, 0) is 13.2 Å². The average Bonchev–Trinajstić information content (AvgIpc) is 3.47. The lowest BCUT2D eigenvalue weighted by Crippen LogP contribution is -2.08. The minimum atomic E-state index is 0.230. The Kier molecular flexibility index (Phi) is 3.75. The first kappa shape index (κ1) is 15.7. The monoisotopic (exact) mass is 391 g/mol. The third-order valence-corrected chi connectivity index (χ3v) is 5.39. The van der Waals surface area contributed by atoms with Gasteiger partial charge in [0.1, 0.15) is 18.1 Å². The molecule has 4 aromatic rings. The molecule has 0 unspecified atom stereocenters. The molecular weight excluding hydrogens is 372 g/mol. The fourth-order valence-corrected chi connectivity index (χ4v) is 4.04. The molecule has 0 amide bonds. The van der Waals surface area contributed by atoms with Gasteiger partial charge in [-0.2, -0.15) is 21.5 Å². The van der Waals surface area contributed by atoms with E-state index in [2.05, 4.69) is 16.8 Å². The third kappa shape index (κ3) is 2.63. The van der Waals surface area contributed by atoms with E-state index in [0.29, 0.717) is 24.7 Å². The highest BCUT2D eigenvalue weighted by Crippen LogP contribution is 2.45. The summed E-state index contributed by atoms with van der Waals surface area (Å²) in [6.07, 6.45) is 5.80. The molecule has 1 aliphatic heterocycles. The van der Waals surface area contributed by atoms with Gasteiger partial charge in [-0.15, -0.1) is 6.58 Å². The van der Waals surface area contributed by atoms with Crippen LogP contribution in [0.15, 0.2) is 60.2 Å². The van der Waals surface area contributed by atoms with Gasteiger partial charge in [0.05, 0.1) is 38.8 Å². The van der Waals surface area contributed by atoms with E-state index in [-0.39, 0.29) is 6.17 Å². The minimum Gasteiger partial charge on any atom is -0.496 e. The molecule has 0 bridgehead atoms. The van der Waals surface area contributed by atoms with E-state index < -0.39 is 0 Å². The highest BCUT2D eigenvalue weighted by atomic mass is 32.1. The van der Waals surface area contributed by atoms with Crippen LogP contribution in [0.3, 0.4) is 0 Å². The molecule has 0 saturated heterocycles. The van der Waals surface area contributed by atoms with Crippen LogP contribution in [0, 0.1) is 0 Å². The SMILES string of the molecule is [2H]c1nn(-c2ccsc2)c2c1COc1cc(OC)c(-c3cnn(CC=C)c3)cc1-2. The van der Waals surface area contributed by atoms with Crippen molar-refractivity contribution in [3.63, 3.8) is 0 Å². The number of benzene rings is 1. The summed E-state index contributed by atoms with van der Waals surface area (Å²) in [5.41, 5.74) is 5.33. The molecule has 1 aliphatic rings. The fourth-order valence-electron chi connectivity index (χ4n) is 3.43. The van der Waals surface area contributed by atoms with Crippen molar-refractivity contribution in [1.82, 2.24) is 19.6 Å². The Morgan fingerprint density at radius 3 is 3.11 bits per heavy atom. The summed E-state index contributed by atoms with van der Waals surface area (Å²) in [7, 11) is 1.64. The summed E-state index contributed by atoms with van der Waals surface area (Å²) in [4.78, 5) is 0. The second-order valence-electron chi connectivity index (χ2n) is 6.41. The lowest BCUT2D eigenvalue weighted by molar-refractivity contribution is 0.299. The maximum absolute atomic E-state index is 8.30. The fraction of sp³-hybridized carbons (Fsp3) is 0.143. The molecule has 0 spiro atoms. The van der Waals surface area contributed by atoms with Crippen LogP contribution in [0.4, 0.5) is 0 Å². The normalized spacial score (nSPS) is 12.7. The zero-order chi connectivity index (χ0) is 20.0. The predicted octanol–water partition coefficient (Wildman–Crippen LogP) is 4.55. The minimum absolute atomic E-state index is 0.230. The Bertz CT molecular complexity index is 1210. The average molecular weight is 391 g/mol. The molecule has 0 aliphatic carbocycles. The van der Waals surface area contributed by atoms with Gasteiger partial charge in [-0.3, -0.25) is 4.68 Å². The number of aromatic nitrogens is 4. The molecule has 1 aromatic carbocycles. The maximum Gasteiger partial charge on any atom is 0.132 e. The van der Waals surface area contributed by atoms with Crippen LogP contribution >= 0.6 is 11.3 Å². The summed E-state index contributed by atoms with van der Waals surface area (Å²) in [6, 6.07) is 5.93. The van der Waals surface area contributed by atoms with Gasteiger partial charge in [0.2, 0.25) is 0 Å². The first-order chi connectivity index (χ1) is 14.2. The molecule has 140 valence electrons. The first-order valence-corrected chi connectivity index (χ1v) is 9.74. The van der Waals surface area contributed by atoms with E-state index in [4.69, 9.17) is 10.8 Å². The summed E-state index contributed by atoms with van der Waals surface area (Å²) in [5.74, 6) is 1.42. The number of ether oxygens (including phenoxy) is 2. The van der Waals surface area contributed by atoms with E-state index >= 15 is 0 Å². The van der Waals surface area contributed by atoms with Gasteiger partial charge in [-0.05, 0) is 17.5 Å². The van der Waals surface area contributed by atoms with Gasteiger partial charge in [-0.1, -0.05) is 6.08 Å². The number of allylic oxidation sites excluding steroid dienone is 1. The van der Waals surface area contributed by atoms with E-state index in [1.165, 1.54) is 0 Å². The van der Waals surface area contributed by atoms with Crippen LogP contribution in [0.5, 0.6) is 11.5 Å². The molecule has 0 saturated carbocycles. The molecular formula is C21H18N4O2S. The molecule has 0 fully saturated rings. The van der Waals surface area contributed by atoms with Crippen molar-refractivity contribution in [3.05, 3.63) is 65.7 Å². The number of nitrogens with zero attached hydrogens (tertiary/aromatic N) is 4. The molecule has 28 heavy (non-hydrogen) atoms. The molecule has 3 aromatic heterocycles. The number of fused-ring (bicyclic) bond motifs is 3. The Balaban J connectivity index is 1.72. The Morgan fingerprint density at radius 2 is 2.32 bits per heavy atom. The van der Waals surface area contributed by atoms with Gasteiger partial charge in [0.15, 0.2) is 0 Å². The molecule has 0 atom stereocenters. The lowest BCUT2D eigenvalue weighted by Gasteiger charge is -2.21. The third-order valence-electron chi connectivity index (χ3n) is 4.72. The summed E-state index contributed by atoms with van der Waals surface area (Å²) < 4.78 is 23.5. The summed E-state index contributed by atoms with van der Waals surface area (Å²) in [6.45, 7) is 4.71. The van der Waals surface area contributed by atoms with Crippen LogP contribution in [-0.4, -0.2) is 26.7 Å². The van der Waals surface area contributed by atoms with Crippen LogP contribution in [0.25, 0.3) is 28.1 Å². The number of methoxy groups -OCH3 is 1. The highest BCUT2D eigenvalue weighted by Gasteiger charge is 2.26. The molecule has 6 nitrogen and oxygen atoms in total. The predicted molar refractivity (Wildman–Crippen MR) is 109 cm³/mol. The van der Waals surface area contributed by atoms with Crippen molar-refractivity contribution < 1.29 is 10.8 Å². The number of hydrogen-bond acceptors (Lipinski definition) is 5. The van der Waals surface area contributed by atoms with Crippen LogP contribution in [0.1, 0.15) is 6.93 Å². The Hall–Kier alpha value is -3.32. The van der Waals surface area contributed by atoms with Crippen molar-refractivity contribution in [2.45, 2.75) is 13.2 Å². The van der Waals surface area contributed by atoms with Gasteiger partial charge in [-0.25, -0.2) is 4.68 Å².